The highest BCUT2D eigenvalue weighted by atomic mass is 31.2. The zero-order valence-corrected chi connectivity index (χ0v) is 18.9. The van der Waals surface area contributed by atoms with Crippen LogP contribution in [0.25, 0.3) is 10.8 Å². The van der Waals surface area contributed by atoms with Crippen LogP contribution >= 0.6 is 7.60 Å². The Morgan fingerprint density at radius 1 is 1.07 bits per heavy atom. The van der Waals surface area contributed by atoms with E-state index in [0.717, 1.165) is 40.8 Å². The lowest BCUT2D eigenvalue weighted by molar-refractivity contribution is 0.0883. The molecule has 6 nitrogen and oxygen atoms in total. The Morgan fingerprint density at radius 3 is 2.33 bits per heavy atom. The van der Waals surface area contributed by atoms with Crippen LogP contribution in [0.1, 0.15) is 52.0 Å². The number of fused-ring (bicyclic) bond motifs is 1. The molecule has 4 N–H and O–H groups in total. The number of aliphatic hydroxyl groups is 1. The summed E-state index contributed by atoms with van der Waals surface area (Å²) in [6.45, 7) is 7.23. The van der Waals surface area contributed by atoms with Crippen molar-refractivity contribution in [1.82, 2.24) is 5.32 Å². The van der Waals surface area contributed by atoms with Gasteiger partial charge in [0, 0.05) is 13.1 Å². The number of aliphatic hydroxyl groups excluding tert-OH is 1. The normalized spacial score (nSPS) is 21.5. The molecule has 1 unspecified atom stereocenters. The summed E-state index contributed by atoms with van der Waals surface area (Å²) in [5, 5.41) is 14.5. The Hall–Kier alpha value is -1.43. The molecule has 0 saturated heterocycles. The van der Waals surface area contributed by atoms with Crippen molar-refractivity contribution < 1.29 is 24.2 Å². The molecule has 0 amide bonds. The van der Waals surface area contributed by atoms with Gasteiger partial charge >= 0.3 is 7.60 Å². The van der Waals surface area contributed by atoms with Gasteiger partial charge in [0.05, 0.1) is 6.10 Å². The summed E-state index contributed by atoms with van der Waals surface area (Å²) in [4.78, 5) is 17.9. The fourth-order valence-corrected chi connectivity index (χ4v) is 4.53. The first-order valence-electron chi connectivity index (χ1n) is 10.7. The summed E-state index contributed by atoms with van der Waals surface area (Å²) in [5.41, 5.74) is 1.35. The summed E-state index contributed by atoms with van der Waals surface area (Å²) in [5.74, 6) is -0.0164. The highest BCUT2D eigenvalue weighted by Crippen LogP contribution is 2.39. The third-order valence-corrected chi connectivity index (χ3v) is 7.08. The predicted octanol–water partition coefficient (Wildman–Crippen LogP) is 4.41. The third kappa shape index (κ3) is 6.29. The number of rotatable bonds is 7. The SMILES string of the molecule is CC(C)(C)[C@H]1CC[C@H](Oc2ccc3cc(CNCC(O)P(=O)(O)O)ccc3c2)CC1. The molecule has 166 valence electrons. The highest BCUT2D eigenvalue weighted by Gasteiger charge is 2.30. The molecule has 1 fully saturated rings. The Kier molecular flexibility index (Phi) is 7.26. The van der Waals surface area contributed by atoms with E-state index in [2.05, 4.69) is 32.2 Å². The van der Waals surface area contributed by atoms with Crippen molar-refractivity contribution in [3.05, 3.63) is 42.0 Å². The van der Waals surface area contributed by atoms with E-state index in [9.17, 15) is 9.67 Å². The highest BCUT2D eigenvalue weighted by molar-refractivity contribution is 7.52. The Bertz CT molecular complexity index is 896. The van der Waals surface area contributed by atoms with Gasteiger partial charge in [0.2, 0.25) is 0 Å². The second-order valence-electron chi connectivity index (χ2n) is 9.50. The molecule has 0 bridgehead atoms. The molecule has 0 spiro atoms. The number of nitrogens with one attached hydrogen (secondary N) is 1. The summed E-state index contributed by atoms with van der Waals surface area (Å²) in [6, 6.07) is 12.1. The van der Waals surface area contributed by atoms with Gasteiger partial charge in [-0.2, -0.15) is 0 Å². The number of ether oxygens (including phenoxy) is 1. The first-order chi connectivity index (χ1) is 14.0. The topological polar surface area (TPSA) is 99.0 Å². The van der Waals surface area contributed by atoms with E-state index in [1.54, 1.807) is 0 Å². The number of hydrogen-bond acceptors (Lipinski definition) is 4. The number of hydrogen-bond donors (Lipinski definition) is 4. The van der Waals surface area contributed by atoms with Gasteiger partial charge in [0.1, 0.15) is 5.75 Å². The lowest BCUT2D eigenvalue weighted by atomic mass is 9.72. The van der Waals surface area contributed by atoms with Crippen molar-refractivity contribution in [2.75, 3.05) is 6.54 Å². The minimum atomic E-state index is -4.47. The van der Waals surface area contributed by atoms with E-state index in [1.165, 1.54) is 12.8 Å². The molecule has 30 heavy (non-hydrogen) atoms. The average Bonchev–Trinajstić information content (AvgIpc) is 2.67. The molecule has 3 rings (SSSR count). The molecule has 1 aliphatic rings. The Labute approximate surface area is 178 Å². The fraction of sp³-hybridized carbons (Fsp3) is 0.565. The summed E-state index contributed by atoms with van der Waals surface area (Å²) < 4.78 is 17.2. The van der Waals surface area contributed by atoms with E-state index in [1.807, 2.05) is 30.3 Å². The standard InChI is InChI=1S/C23H34NO5P/c1-23(2,3)19-7-10-20(11-8-19)29-21-9-6-17-12-16(4-5-18(17)13-21)14-24-15-22(25)30(26,27)28/h4-6,9,12-13,19-20,22,24-25H,7-8,10-11,14-15H2,1-3H3,(H2,26,27,28)/t19-,20-,22?. The second kappa shape index (κ2) is 9.37. The maximum atomic E-state index is 11.0. The van der Waals surface area contributed by atoms with Crippen molar-refractivity contribution >= 4 is 18.4 Å². The lowest BCUT2D eigenvalue weighted by Crippen LogP contribution is -2.30. The molecule has 1 atom stereocenters. The van der Waals surface area contributed by atoms with Gasteiger partial charge in [-0.05, 0) is 71.6 Å². The zero-order chi connectivity index (χ0) is 21.9. The minimum Gasteiger partial charge on any atom is -0.490 e. The molecule has 7 heteroatoms. The van der Waals surface area contributed by atoms with Crippen molar-refractivity contribution in [3.8, 4) is 5.75 Å². The molecule has 2 aromatic carbocycles. The van der Waals surface area contributed by atoms with E-state index < -0.39 is 13.4 Å². The van der Waals surface area contributed by atoms with Crippen molar-refractivity contribution in [2.24, 2.45) is 11.3 Å². The summed E-state index contributed by atoms with van der Waals surface area (Å²) in [6.07, 6.45) is 4.92. The first kappa shape index (κ1) is 23.2. The third-order valence-electron chi connectivity index (χ3n) is 6.12. The maximum absolute atomic E-state index is 11.0. The molecule has 0 aromatic heterocycles. The van der Waals surface area contributed by atoms with Gasteiger partial charge in [-0.15, -0.1) is 0 Å². The van der Waals surface area contributed by atoms with Crippen LogP contribution in [0.4, 0.5) is 0 Å². The van der Waals surface area contributed by atoms with Crippen LogP contribution in [0.15, 0.2) is 36.4 Å². The van der Waals surface area contributed by atoms with Crippen LogP contribution in [0, 0.1) is 11.3 Å². The van der Waals surface area contributed by atoms with Crippen LogP contribution in [0.3, 0.4) is 0 Å². The molecular formula is C23H34NO5P. The molecule has 0 aliphatic heterocycles. The molecule has 2 aromatic rings. The maximum Gasteiger partial charge on any atom is 0.355 e. The number of benzene rings is 2. The summed E-state index contributed by atoms with van der Waals surface area (Å²) >= 11 is 0. The quantitative estimate of drug-likeness (QED) is 0.481. The van der Waals surface area contributed by atoms with Gasteiger partial charge in [-0.1, -0.05) is 39.0 Å². The average molecular weight is 436 g/mol. The second-order valence-corrected chi connectivity index (χ2v) is 11.3. The molecule has 1 saturated carbocycles. The summed E-state index contributed by atoms with van der Waals surface area (Å²) in [7, 11) is -4.47. The Morgan fingerprint density at radius 2 is 1.70 bits per heavy atom. The lowest BCUT2D eigenvalue weighted by Gasteiger charge is -2.37. The molecule has 1 aliphatic carbocycles. The van der Waals surface area contributed by atoms with Crippen molar-refractivity contribution in [3.63, 3.8) is 0 Å². The smallest absolute Gasteiger partial charge is 0.355 e. The van der Waals surface area contributed by atoms with E-state index in [4.69, 9.17) is 14.5 Å². The molecular weight excluding hydrogens is 401 g/mol. The van der Waals surface area contributed by atoms with Crippen LogP contribution in [0.2, 0.25) is 0 Å². The van der Waals surface area contributed by atoms with Crippen LogP contribution in [0.5, 0.6) is 5.75 Å². The fourth-order valence-electron chi connectivity index (χ4n) is 4.16. The first-order valence-corrected chi connectivity index (χ1v) is 12.3. The van der Waals surface area contributed by atoms with E-state index >= 15 is 0 Å². The van der Waals surface area contributed by atoms with Crippen LogP contribution in [-0.2, 0) is 11.1 Å². The largest absolute Gasteiger partial charge is 0.490 e. The van der Waals surface area contributed by atoms with Crippen molar-refractivity contribution in [1.29, 1.82) is 0 Å². The molecule has 0 radical (unpaired) electrons. The Balaban J connectivity index is 1.56. The van der Waals surface area contributed by atoms with Gasteiger partial charge in [0.25, 0.3) is 0 Å². The van der Waals surface area contributed by atoms with E-state index in [0.29, 0.717) is 12.0 Å². The minimum absolute atomic E-state index is 0.160. The van der Waals surface area contributed by atoms with E-state index in [-0.39, 0.29) is 12.6 Å². The van der Waals surface area contributed by atoms with Crippen molar-refractivity contribution in [2.45, 2.75) is 64.9 Å². The predicted molar refractivity (Wildman–Crippen MR) is 120 cm³/mol. The monoisotopic (exact) mass is 435 g/mol. The van der Waals surface area contributed by atoms with Crippen LogP contribution in [-0.4, -0.2) is 33.4 Å². The van der Waals surface area contributed by atoms with Gasteiger partial charge in [-0.25, -0.2) is 0 Å². The van der Waals surface area contributed by atoms with Crippen LogP contribution < -0.4 is 10.1 Å². The zero-order valence-electron chi connectivity index (χ0n) is 18.0. The molecule has 0 heterocycles. The van der Waals surface area contributed by atoms with Gasteiger partial charge in [-0.3, -0.25) is 4.57 Å². The van der Waals surface area contributed by atoms with Gasteiger partial charge in [0.15, 0.2) is 5.85 Å². The van der Waals surface area contributed by atoms with Gasteiger partial charge < -0.3 is 24.9 Å².